The Morgan fingerprint density at radius 2 is 2.43 bits per heavy atom. The van der Waals surface area contributed by atoms with Gasteiger partial charge in [-0.25, -0.2) is 0 Å². The normalized spacial score (nSPS) is 25.1. The van der Waals surface area contributed by atoms with Crippen LogP contribution in [0.2, 0.25) is 0 Å². The zero-order valence-electron chi connectivity index (χ0n) is 8.78. The van der Waals surface area contributed by atoms with Gasteiger partial charge >= 0.3 is 5.97 Å². The van der Waals surface area contributed by atoms with Crippen molar-refractivity contribution in [2.45, 2.75) is 32.2 Å². The summed E-state index contributed by atoms with van der Waals surface area (Å²) in [6.45, 7) is 4.44. The van der Waals surface area contributed by atoms with Crippen LogP contribution in [0.15, 0.2) is 0 Å². The number of carboxylic acids is 1. The van der Waals surface area contributed by atoms with Gasteiger partial charge in [0.05, 0.1) is 0 Å². The first-order chi connectivity index (χ1) is 6.69. The van der Waals surface area contributed by atoms with Crippen molar-refractivity contribution in [1.29, 1.82) is 0 Å². The van der Waals surface area contributed by atoms with Crippen molar-refractivity contribution >= 4 is 5.97 Å². The van der Waals surface area contributed by atoms with Crippen molar-refractivity contribution in [3.63, 3.8) is 0 Å². The Balaban J connectivity index is 2.48. The third-order valence-corrected chi connectivity index (χ3v) is 3.06. The number of hydrogen-bond acceptors (Lipinski definition) is 3. The van der Waals surface area contributed by atoms with Gasteiger partial charge in [0.15, 0.2) is 0 Å². The van der Waals surface area contributed by atoms with Crippen molar-refractivity contribution in [2.24, 2.45) is 11.7 Å². The lowest BCUT2D eigenvalue weighted by atomic mass is 10.1. The zero-order valence-corrected chi connectivity index (χ0v) is 8.78. The molecule has 0 bridgehead atoms. The quantitative estimate of drug-likeness (QED) is 0.679. The predicted molar refractivity (Wildman–Crippen MR) is 55.1 cm³/mol. The van der Waals surface area contributed by atoms with E-state index in [0.29, 0.717) is 18.9 Å². The average Bonchev–Trinajstić information content (AvgIpc) is 2.61. The van der Waals surface area contributed by atoms with E-state index in [-0.39, 0.29) is 6.04 Å². The molecular weight excluding hydrogens is 180 g/mol. The molecule has 82 valence electrons. The molecule has 0 radical (unpaired) electrons. The SMILES string of the molecule is CCC1CCN(C(CCN)C(=O)O)C1. The molecule has 4 nitrogen and oxygen atoms in total. The smallest absolute Gasteiger partial charge is 0.320 e. The topological polar surface area (TPSA) is 66.6 Å². The number of nitrogens with zero attached hydrogens (tertiary/aromatic N) is 1. The highest BCUT2D eigenvalue weighted by Crippen LogP contribution is 2.22. The highest BCUT2D eigenvalue weighted by atomic mass is 16.4. The van der Waals surface area contributed by atoms with E-state index in [0.717, 1.165) is 25.9 Å². The Morgan fingerprint density at radius 1 is 1.71 bits per heavy atom. The fourth-order valence-electron chi connectivity index (χ4n) is 2.10. The van der Waals surface area contributed by atoms with E-state index in [1.54, 1.807) is 0 Å². The maximum absolute atomic E-state index is 11.0. The van der Waals surface area contributed by atoms with Crippen molar-refractivity contribution in [3.8, 4) is 0 Å². The number of nitrogens with two attached hydrogens (primary N) is 1. The Kier molecular flexibility index (Phi) is 4.35. The van der Waals surface area contributed by atoms with Crippen LogP contribution in [0.1, 0.15) is 26.2 Å². The molecule has 1 aliphatic heterocycles. The number of likely N-dealkylation sites (tertiary alicyclic amines) is 1. The van der Waals surface area contributed by atoms with E-state index >= 15 is 0 Å². The van der Waals surface area contributed by atoms with Crippen LogP contribution in [0, 0.1) is 5.92 Å². The second-order valence-corrected chi connectivity index (χ2v) is 3.99. The first-order valence-corrected chi connectivity index (χ1v) is 5.36. The highest BCUT2D eigenvalue weighted by Gasteiger charge is 2.30. The van der Waals surface area contributed by atoms with Gasteiger partial charge in [-0.05, 0) is 31.8 Å². The van der Waals surface area contributed by atoms with Crippen LogP contribution in [0.4, 0.5) is 0 Å². The Bertz CT molecular complexity index is 197. The van der Waals surface area contributed by atoms with E-state index in [4.69, 9.17) is 10.8 Å². The lowest BCUT2D eigenvalue weighted by molar-refractivity contribution is -0.143. The molecule has 2 unspecified atom stereocenters. The minimum Gasteiger partial charge on any atom is -0.480 e. The van der Waals surface area contributed by atoms with Gasteiger partial charge in [-0.15, -0.1) is 0 Å². The minimum absolute atomic E-state index is 0.364. The maximum Gasteiger partial charge on any atom is 0.320 e. The number of rotatable bonds is 5. The second-order valence-electron chi connectivity index (χ2n) is 3.99. The summed E-state index contributed by atoms with van der Waals surface area (Å²) in [4.78, 5) is 13.0. The summed E-state index contributed by atoms with van der Waals surface area (Å²) in [5.74, 6) is -0.0539. The molecule has 2 atom stereocenters. The monoisotopic (exact) mass is 200 g/mol. The molecule has 3 N–H and O–H groups in total. The lowest BCUT2D eigenvalue weighted by Crippen LogP contribution is -2.41. The predicted octanol–water partition coefficient (Wildman–Crippen LogP) is 0.520. The average molecular weight is 200 g/mol. The fraction of sp³-hybridized carbons (Fsp3) is 0.900. The molecule has 1 rings (SSSR count). The molecule has 0 aliphatic carbocycles. The molecule has 4 heteroatoms. The van der Waals surface area contributed by atoms with Gasteiger partial charge < -0.3 is 10.8 Å². The molecule has 1 heterocycles. The molecule has 0 aromatic heterocycles. The van der Waals surface area contributed by atoms with E-state index in [2.05, 4.69) is 11.8 Å². The van der Waals surface area contributed by atoms with Gasteiger partial charge in [-0.3, -0.25) is 9.69 Å². The molecule has 1 fully saturated rings. The lowest BCUT2D eigenvalue weighted by Gasteiger charge is -2.23. The van der Waals surface area contributed by atoms with Crippen LogP contribution in [0.3, 0.4) is 0 Å². The number of hydrogen-bond donors (Lipinski definition) is 2. The van der Waals surface area contributed by atoms with Gasteiger partial charge in [0.25, 0.3) is 0 Å². The molecule has 14 heavy (non-hydrogen) atoms. The summed E-state index contributed by atoms with van der Waals surface area (Å²) in [5.41, 5.74) is 5.41. The van der Waals surface area contributed by atoms with E-state index in [1.807, 2.05) is 0 Å². The Morgan fingerprint density at radius 3 is 2.86 bits per heavy atom. The summed E-state index contributed by atoms with van der Waals surface area (Å²) in [6.07, 6.45) is 2.84. The summed E-state index contributed by atoms with van der Waals surface area (Å²) >= 11 is 0. The molecule has 0 saturated carbocycles. The van der Waals surface area contributed by atoms with Gasteiger partial charge in [0, 0.05) is 6.54 Å². The third kappa shape index (κ3) is 2.69. The second kappa shape index (κ2) is 5.32. The van der Waals surface area contributed by atoms with Gasteiger partial charge in [-0.2, -0.15) is 0 Å². The van der Waals surface area contributed by atoms with Crippen LogP contribution < -0.4 is 5.73 Å². The first-order valence-electron chi connectivity index (χ1n) is 5.36. The van der Waals surface area contributed by atoms with Crippen molar-refractivity contribution < 1.29 is 9.90 Å². The van der Waals surface area contributed by atoms with Crippen molar-refractivity contribution in [2.75, 3.05) is 19.6 Å². The minimum atomic E-state index is -0.729. The molecular formula is C10H20N2O2. The van der Waals surface area contributed by atoms with E-state index in [1.165, 1.54) is 0 Å². The Labute approximate surface area is 85.1 Å². The van der Waals surface area contributed by atoms with Crippen LogP contribution in [0.25, 0.3) is 0 Å². The third-order valence-electron chi connectivity index (χ3n) is 3.06. The summed E-state index contributed by atoms with van der Waals surface area (Å²) in [7, 11) is 0. The molecule has 0 amide bonds. The van der Waals surface area contributed by atoms with Crippen LogP contribution in [-0.4, -0.2) is 41.7 Å². The van der Waals surface area contributed by atoms with Gasteiger partial charge in [-0.1, -0.05) is 13.3 Å². The van der Waals surface area contributed by atoms with E-state index in [9.17, 15) is 4.79 Å². The molecule has 0 aromatic rings. The van der Waals surface area contributed by atoms with Gasteiger partial charge in [0.1, 0.15) is 6.04 Å². The summed E-state index contributed by atoms with van der Waals surface area (Å²) in [6, 6.07) is -0.364. The number of carbonyl (C=O) groups is 1. The fourth-order valence-corrected chi connectivity index (χ4v) is 2.10. The van der Waals surface area contributed by atoms with Crippen molar-refractivity contribution in [3.05, 3.63) is 0 Å². The largest absolute Gasteiger partial charge is 0.480 e. The Hall–Kier alpha value is -0.610. The summed E-state index contributed by atoms with van der Waals surface area (Å²) in [5, 5.41) is 9.03. The van der Waals surface area contributed by atoms with Crippen molar-refractivity contribution in [1.82, 2.24) is 4.90 Å². The number of carboxylic acid groups (broad SMARTS) is 1. The number of aliphatic carboxylic acids is 1. The van der Waals surface area contributed by atoms with Crippen LogP contribution in [0.5, 0.6) is 0 Å². The highest BCUT2D eigenvalue weighted by molar-refractivity contribution is 5.73. The maximum atomic E-state index is 11.0. The summed E-state index contributed by atoms with van der Waals surface area (Å²) < 4.78 is 0. The molecule has 0 spiro atoms. The van der Waals surface area contributed by atoms with Crippen LogP contribution in [-0.2, 0) is 4.79 Å². The standard InChI is InChI=1S/C10H20N2O2/c1-2-8-4-6-12(7-8)9(3-5-11)10(13)14/h8-9H,2-7,11H2,1H3,(H,13,14). The van der Waals surface area contributed by atoms with E-state index < -0.39 is 5.97 Å². The van der Waals surface area contributed by atoms with Crippen LogP contribution >= 0.6 is 0 Å². The molecule has 1 aliphatic rings. The zero-order chi connectivity index (χ0) is 10.6. The van der Waals surface area contributed by atoms with Gasteiger partial charge in [0.2, 0.25) is 0 Å². The molecule has 0 aromatic carbocycles. The first kappa shape index (κ1) is 11.5. The molecule has 1 saturated heterocycles.